The molecule has 0 spiro atoms. The van der Waals surface area contributed by atoms with Crippen LogP contribution in [0.15, 0.2) is 17.5 Å². The molecule has 0 amide bonds. The van der Waals surface area contributed by atoms with Crippen LogP contribution in [0.3, 0.4) is 0 Å². The summed E-state index contributed by atoms with van der Waals surface area (Å²) in [6, 6.07) is 3.48. The van der Waals surface area contributed by atoms with E-state index in [1.165, 1.54) is 11.3 Å². The highest BCUT2D eigenvalue weighted by molar-refractivity contribution is 7.17. The third kappa shape index (κ3) is 1.38. The van der Waals surface area contributed by atoms with E-state index in [2.05, 4.69) is 0 Å². The molecule has 1 aromatic carbocycles. The van der Waals surface area contributed by atoms with Gasteiger partial charge in [-0.1, -0.05) is 23.2 Å². The van der Waals surface area contributed by atoms with Gasteiger partial charge >= 0.3 is 5.97 Å². The van der Waals surface area contributed by atoms with Gasteiger partial charge in [0.2, 0.25) is 0 Å². The summed E-state index contributed by atoms with van der Waals surface area (Å²) in [6.07, 6.45) is 0. The zero-order chi connectivity index (χ0) is 10.3. The molecule has 1 aromatic heterocycles. The van der Waals surface area contributed by atoms with Gasteiger partial charge in [-0.15, -0.1) is 11.3 Å². The van der Waals surface area contributed by atoms with Gasteiger partial charge < -0.3 is 5.11 Å². The van der Waals surface area contributed by atoms with Crippen LogP contribution in [0, 0.1) is 0 Å². The fourth-order valence-electron chi connectivity index (χ4n) is 1.25. The van der Waals surface area contributed by atoms with Crippen LogP contribution in [-0.4, -0.2) is 11.1 Å². The molecule has 1 heterocycles. The molecule has 2 aromatic rings. The quantitative estimate of drug-likeness (QED) is 0.829. The lowest BCUT2D eigenvalue weighted by Gasteiger charge is -2.02. The number of hydrogen-bond donors (Lipinski definition) is 1. The molecule has 0 aliphatic heterocycles. The van der Waals surface area contributed by atoms with Crippen LogP contribution >= 0.6 is 34.5 Å². The van der Waals surface area contributed by atoms with Crippen molar-refractivity contribution in [3.63, 3.8) is 0 Å². The summed E-state index contributed by atoms with van der Waals surface area (Å²) in [7, 11) is 0. The van der Waals surface area contributed by atoms with Crippen LogP contribution < -0.4 is 0 Å². The van der Waals surface area contributed by atoms with Crippen LogP contribution in [-0.2, 0) is 0 Å². The van der Waals surface area contributed by atoms with Gasteiger partial charge in [-0.2, -0.15) is 0 Å². The molecule has 0 saturated heterocycles. The first-order valence-corrected chi connectivity index (χ1v) is 5.33. The molecule has 0 saturated carbocycles. The van der Waals surface area contributed by atoms with Crippen LogP contribution in [0.4, 0.5) is 0 Å². The fraction of sp³-hybridized carbons (Fsp3) is 0. The van der Waals surface area contributed by atoms with Crippen molar-refractivity contribution >= 4 is 50.6 Å². The van der Waals surface area contributed by atoms with E-state index in [-0.39, 0.29) is 15.6 Å². The molecule has 5 heteroatoms. The molecular weight excluding hydrogens is 243 g/mol. The van der Waals surface area contributed by atoms with E-state index >= 15 is 0 Å². The minimum atomic E-state index is -1.05. The maximum absolute atomic E-state index is 10.9. The van der Waals surface area contributed by atoms with Gasteiger partial charge in [0.05, 0.1) is 20.3 Å². The van der Waals surface area contributed by atoms with E-state index < -0.39 is 5.97 Å². The van der Waals surface area contributed by atoms with E-state index in [1.54, 1.807) is 6.07 Å². The van der Waals surface area contributed by atoms with Crippen LogP contribution in [0.2, 0.25) is 10.0 Å². The van der Waals surface area contributed by atoms with Crippen molar-refractivity contribution < 1.29 is 9.90 Å². The van der Waals surface area contributed by atoms with Gasteiger partial charge in [-0.05, 0) is 22.9 Å². The van der Waals surface area contributed by atoms with Crippen molar-refractivity contribution in [2.75, 3.05) is 0 Å². The minimum absolute atomic E-state index is 0.0872. The lowest BCUT2D eigenvalue weighted by molar-refractivity contribution is 0.0699. The normalized spacial score (nSPS) is 10.7. The predicted molar refractivity (Wildman–Crippen MR) is 58.8 cm³/mol. The van der Waals surface area contributed by atoms with E-state index in [0.717, 1.165) is 5.39 Å². The predicted octanol–water partition coefficient (Wildman–Crippen LogP) is 3.91. The first-order valence-electron chi connectivity index (χ1n) is 3.69. The highest BCUT2D eigenvalue weighted by Gasteiger charge is 2.17. The molecule has 0 fully saturated rings. The maximum atomic E-state index is 10.9. The number of rotatable bonds is 1. The number of carbonyl (C=O) groups is 1. The van der Waals surface area contributed by atoms with Crippen LogP contribution in [0.1, 0.15) is 10.4 Å². The Bertz CT molecular complexity index is 519. The number of thiophene rings is 1. The van der Waals surface area contributed by atoms with Gasteiger partial charge in [0.15, 0.2) is 0 Å². The van der Waals surface area contributed by atoms with Gasteiger partial charge in [0, 0.05) is 0 Å². The van der Waals surface area contributed by atoms with E-state index in [1.807, 2.05) is 11.4 Å². The van der Waals surface area contributed by atoms with Crippen molar-refractivity contribution in [3.05, 3.63) is 33.1 Å². The summed E-state index contributed by atoms with van der Waals surface area (Å²) in [6.45, 7) is 0. The highest BCUT2D eigenvalue weighted by atomic mass is 35.5. The van der Waals surface area contributed by atoms with Gasteiger partial charge in [-0.25, -0.2) is 4.79 Å². The molecule has 0 unspecified atom stereocenters. The summed E-state index contributed by atoms with van der Waals surface area (Å²) in [5.74, 6) is -1.05. The number of hydrogen-bond acceptors (Lipinski definition) is 2. The average molecular weight is 247 g/mol. The zero-order valence-electron chi connectivity index (χ0n) is 6.75. The number of fused-ring (bicyclic) bond motifs is 1. The van der Waals surface area contributed by atoms with Crippen molar-refractivity contribution in [3.8, 4) is 0 Å². The van der Waals surface area contributed by atoms with Crippen molar-refractivity contribution in [1.82, 2.24) is 0 Å². The van der Waals surface area contributed by atoms with Crippen LogP contribution in [0.25, 0.3) is 10.1 Å². The first kappa shape index (κ1) is 9.77. The Morgan fingerprint density at radius 3 is 2.79 bits per heavy atom. The smallest absolute Gasteiger partial charge is 0.338 e. The second kappa shape index (κ2) is 3.42. The Hall–Kier alpha value is -0.770. The molecule has 1 N–H and O–H groups in total. The molecule has 0 bridgehead atoms. The maximum Gasteiger partial charge on any atom is 0.338 e. The standard InChI is InChI=1S/C9H4Cl2O2S/c10-5-3-4-1-2-14-8(4)6(7(5)11)9(12)13/h1-3H,(H,12,13). The Morgan fingerprint density at radius 1 is 1.43 bits per heavy atom. The number of aromatic carboxylic acids is 1. The number of carboxylic acid groups (broad SMARTS) is 1. The minimum Gasteiger partial charge on any atom is -0.478 e. The van der Waals surface area contributed by atoms with Crippen molar-refractivity contribution in [2.24, 2.45) is 0 Å². The third-order valence-electron chi connectivity index (χ3n) is 1.85. The number of benzene rings is 1. The largest absolute Gasteiger partial charge is 0.478 e. The molecule has 2 nitrogen and oxygen atoms in total. The Kier molecular flexibility index (Phi) is 2.39. The summed E-state index contributed by atoms with van der Waals surface area (Å²) < 4.78 is 0.659. The average Bonchev–Trinajstić information content (AvgIpc) is 2.52. The van der Waals surface area contributed by atoms with Crippen molar-refractivity contribution in [1.29, 1.82) is 0 Å². The van der Waals surface area contributed by atoms with E-state index in [4.69, 9.17) is 28.3 Å². The molecule has 72 valence electrons. The van der Waals surface area contributed by atoms with Gasteiger partial charge in [-0.3, -0.25) is 0 Å². The van der Waals surface area contributed by atoms with E-state index in [0.29, 0.717) is 4.70 Å². The molecule has 14 heavy (non-hydrogen) atoms. The Labute approximate surface area is 93.7 Å². The lowest BCUT2D eigenvalue weighted by Crippen LogP contribution is -1.97. The van der Waals surface area contributed by atoms with Crippen molar-refractivity contribution in [2.45, 2.75) is 0 Å². The second-order valence-electron chi connectivity index (χ2n) is 2.69. The third-order valence-corrected chi connectivity index (χ3v) is 3.58. The summed E-state index contributed by atoms with van der Waals surface area (Å²) >= 11 is 13.0. The Balaban J connectivity index is 2.93. The summed E-state index contributed by atoms with van der Waals surface area (Å²) in [4.78, 5) is 10.9. The molecule has 2 rings (SSSR count). The highest BCUT2D eigenvalue weighted by Crippen LogP contribution is 2.35. The molecular formula is C9H4Cl2O2S. The first-order chi connectivity index (χ1) is 6.61. The Morgan fingerprint density at radius 2 is 2.14 bits per heavy atom. The molecule has 0 aliphatic carbocycles. The fourth-order valence-corrected chi connectivity index (χ4v) is 2.66. The summed E-state index contributed by atoms with van der Waals surface area (Å²) in [5.41, 5.74) is 0.0872. The van der Waals surface area contributed by atoms with Gasteiger partial charge in [0.25, 0.3) is 0 Å². The molecule has 0 aliphatic rings. The lowest BCUT2D eigenvalue weighted by atomic mass is 10.1. The molecule has 0 atom stereocenters. The van der Waals surface area contributed by atoms with E-state index in [9.17, 15) is 4.79 Å². The van der Waals surface area contributed by atoms with Crippen LogP contribution in [0.5, 0.6) is 0 Å². The summed E-state index contributed by atoms with van der Waals surface area (Å²) in [5, 5.41) is 12.0. The molecule has 0 radical (unpaired) electrons. The zero-order valence-corrected chi connectivity index (χ0v) is 9.08. The topological polar surface area (TPSA) is 37.3 Å². The monoisotopic (exact) mass is 246 g/mol. The number of halogens is 2. The second-order valence-corrected chi connectivity index (χ2v) is 4.39. The SMILES string of the molecule is O=C(O)c1c(Cl)c(Cl)cc2ccsc12. The van der Waals surface area contributed by atoms with Gasteiger partial charge in [0.1, 0.15) is 0 Å². The number of carboxylic acids is 1.